The molecule has 2 aromatic heterocycles. The zero-order valence-corrected chi connectivity index (χ0v) is 18.8. The molecule has 3 heterocycles. The Balaban J connectivity index is 1.57. The van der Waals surface area contributed by atoms with Crippen molar-refractivity contribution in [2.45, 2.75) is 52.2 Å². The summed E-state index contributed by atoms with van der Waals surface area (Å²) in [6.07, 6.45) is 3.21. The average molecular weight is 435 g/mol. The Kier molecular flexibility index (Phi) is 6.39. The van der Waals surface area contributed by atoms with Gasteiger partial charge in [-0.2, -0.15) is 0 Å². The molecular formula is C24H30N6O2. The molecule has 1 aliphatic rings. The van der Waals surface area contributed by atoms with Gasteiger partial charge in [0.15, 0.2) is 11.5 Å². The van der Waals surface area contributed by atoms with E-state index in [9.17, 15) is 9.59 Å². The minimum absolute atomic E-state index is 0.0851. The molecule has 1 aromatic carbocycles. The Hall–Kier alpha value is -3.42. The van der Waals surface area contributed by atoms with E-state index in [-0.39, 0.29) is 23.7 Å². The first-order valence-corrected chi connectivity index (χ1v) is 11.1. The van der Waals surface area contributed by atoms with Gasteiger partial charge in [0.05, 0.1) is 6.54 Å². The molecule has 0 spiro atoms. The maximum atomic E-state index is 13.5. The van der Waals surface area contributed by atoms with Gasteiger partial charge in [-0.25, -0.2) is 14.8 Å². The number of aromatic nitrogens is 3. The second kappa shape index (κ2) is 9.38. The molecule has 2 N–H and O–H groups in total. The summed E-state index contributed by atoms with van der Waals surface area (Å²) in [7, 11) is 0. The van der Waals surface area contributed by atoms with Crippen molar-refractivity contribution in [3.8, 4) is 0 Å². The first-order valence-electron chi connectivity index (χ1n) is 11.1. The first kappa shape index (κ1) is 21.8. The smallest absolute Gasteiger partial charge is 0.315 e. The third-order valence-electron chi connectivity index (χ3n) is 5.70. The molecule has 8 heteroatoms. The number of benzene rings is 1. The lowest BCUT2D eigenvalue weighted by molar-refractivity contribution is 0.232. The highest BCUT2D eigenvalue weighted by atomic mass is 16.2. The molecule has 1 aliphatic heterocycles. The van der Waals surface area contributed by atoms with E-state index in [0.29, 0.717) is 36.6 Å². The predicted molar refractivity (Wildman–Crippen MR) is 126 cm³/mol. The lowest BCUT2D eigenvalue weighted by Gasteiger charge is -2.33. The zero-order valence-electron chi connectivity index (χ0n) is 18.8. The third-order valence-corrected chi connectivity index (χ3v) is 5.70. The molecule has 0 saturated carbocycles. The number of anilines is 1. The fraction of sp³-hybridized carbons (Fsp3) is 0.417. The standard InChI is InChI=1S/C24H30N6O2/c1-16(2)26-24(32)27-19-10-13-29(14-11-19)22-23(31)30(15-18-8-6-17(3)7-9-18)21-20(28-22)5-4-12-25-21/h4-9,12,16,19H,10-11,13-15H2,1-3H3,(H2,26,27,32). The Labute approximate surface area is 187 Å². The highest BCUT2D eigenvalue weighted by molar-refractivity contribution is 5.74. The van der Waals surface area contributed by atoms with Gasteiger partial charge in [0, 0.05) is 31.4 Å². The van der Waals surface area contributed by atoms with Crippen molar-refractivity contribution in [1.82, 2.24) is 25.2 Å². The molecule has 4 rings (SSSR count). The van der Waals surface area contributed by atoms with Crippen molar-refractivity contribution < 1.29 is 4.79 Å². The maximum Gasteiger partial charge on any atom is 0.315 e. The molecule has 0 atom stereocenters. The van der Waals surface area contributed by atoms with Gasteiger partial charge in [-0.05, 0) is 51.3 Å². The monoisotopic (exact) mass is 434 g/mol. The summed E-state index contributed by atoms with van der Waals surface area (Å²) in [4.78, 5) is 36.6. The number of fused-ring (bicyclic) bond motifs is 1. The van der Waals surface area contributed by atoms with Gasteiger partial charge in [-0.3, -0.25) is 9.36 Å². The second-order valence-electron chi connectivity index (χ2n) is 8.69. The summed E-state index contributed by atoms with van der Waals surface area (Å²) in [5.41, 5.74) is 3.37. The van der Waals surface area contributed by atoms with Crippen molar-refractivity contribution in [3.63, 3.8) is 0 Å². The highest BCUT2D eigenvalue weighted by Crippen LogP contribution is 2.19. The first-order chi connectivity index (χ1) is 15.4. The van der Waals surface area contributed by atoms with Crippen LogP contribution in [0.25, 0.3) is 11.2 Å². The minimum Gasteiger partial charge on any atom is -0.352 e. The molecule has 1 fully saturated rings. The molecule has 0 radical (unpaired) electrons. The summed E-state index contributed by atoms with van der Waals surface area (Å²) in [5.74, 6) is 0.447. The molecule has 168 valence electrons. The molecule has 3 aromatic rings. The number of carbonyl (C=O) groups is 1. The van der Waals surface area contributed by atoms with Gasteiger partial charge in [0.25, 0.3) is 5.56 Å². The molecule has 8 nitrogen and oxygen atoms in total. The number of aryl methyl sites for hydroxylation is 1. The van der Waals surface area contributed by atoms with Crippen LogP contribution in [0.3, 0.4) is 0 Å². The van der Waals surface area contributed by atoms with Gasteiger partial charge < -0.3 is 15.5 Å². The number of carbonyl (C=O) groups excluding carboxylic acids is 1. The quantitative estimate of drug-likeness (QED) is 0.644. The van der Waals surface area contributed by atoms with Crippen molar-refractivity contribution >= 4 is 23.0 Å². The van der Waals surface area contributed by atoms with E-state index in [1.807, 2.05) is 62.1 Å². The van der Waals surface area contributed by atoms with Gasteiger partial charge in [0.2, 0.25) is 0 Å². The average Bonchev–Trinajstić information content (AvgIpc) is 2.77. The van der Waals surface area contributed by atoms with Gasteiger partial charge in [0.1, 0.15) is 5.52 Å². The molecule has 0 aliphatic carbocycles. The van der Waals surface area contributed by atoms with Gasteiger partial charge in [-0.1, -0.05) is 29.8 Å². The van der Waals surface area contributed by atoms with E-state index < -0.39 is 0 Å². The summed E-state index contributed by atoms with van der Waals surface area (Å²) in [6, 6.07) is 11.9. The molecule has 0 bridgehead atoms. The van der Waals surface area contributed by atoms with E-state index in [1.54, 1.807) is 10.8 Å². The van der Waals surface area contributed by atoms with E-state index >= 15 is 0 Å². The van der Waals surface area contributed by atoms with E-state index in [0.717, 1.165) is 18.4 Å². The largest absolute Gasteiger partial charge is 0.352 e. The summed E-state index contributed by atoms with van der Waals surface area (Å²) >= 11 is 0. The van der Waals surface area contributed by atoms with Crippen LogP contribution in [0.5, 0.6) is 0 Å². The van der Waals surface area contributed by atoms with Crippen molar-refractivity contribution in [3.05, 3.63) is 64.1 Å². The summed E-state index contributed by atoms with van der Waals surface area (Å²) < 4.78 is 1.71. The number of nitrogens with zero attached hydrogens (tertiary/aromatic N) is 4. The van der Waals surface area contributed by atoms with Crippen molar-refractivity contribution in [2.75, 3.05) is 18.0 Å². The molecule has 0 unspecified atom stereocenters. The number of hydrogen-bond donors (Lipinski definition) is 2. The number of urea groups is 1. The van der Waals surface area contributed by atoms with Crippen LogP contribution < -0.4 is 21.1 Å². The van der Waals surface area contributed by atoms with Crippen LogP contribution in [0.2, 0.25) is 0 Å². The number of amides is 2. The number of rotatable bonds is 5. The second-order valence-corrected chi connectivity index (χ2v) is 8.69. The fourth-order valence-corrected chi connectivity index (χ4v) is 4.02. The Bertz CT molecular complexity index is 1150. The van der Waals surface area contributed by atoms with Crippen LogP contribution >= 0.6 is 0 Å². The van der Waals surface area contributed by atoms with Gasteiger partial charge in [-0.15, -0.1) is 0 Å². The topological polar surface area (TPSA) is 92.2 Å². The third kappa shape index (κ3) is 4.90. The number of hydrogen-bond acceptors (Lipinski definition) is 5. The Morgan fingerprint density at radius 3 is 2.56 bits per heavy atom. The summed E-state index contributed by atoms with van der Waals surface area (Å²) in [5, 5.41) is 5.88. The van der Waals surface area contributed by atoms with Crippen LogP contribution in [-0.2, 0) is 6.54 Å². The van der Waals surface area contributed by atoms with Crippen LogP contribution in [0, 0.1) is 6.92 Å². The Morgan fingerprint density at radius 2 is 1.88 bits per heavy atom. The minimum atomic E-state index is -0.145. The molecule has 1 saturated heterocycles. The number of piperidine rings is 1. The maximum absolute atomic E-state index is 13.5. The van der Waals surface area contributed by atoms with Crippen molar-refractivity contribution in [1.29, 1.82) is 0 Å². The molecule has 32 heavy (non-hydrogen) atoms. The fourth-order valence-electron chi connectivity index (χ4n) is 4.02. The molecule has 2 amide bonds. The van der Waals surface area contributed by atoms with E-state index in [1.165, 1.54) is 5.56 Å². The lowest BCUT2D eigenvalue weighted by Crippen LogP contribution is -2.50. The lowest BCUT2D eigenvalue weighted by atomic mass is 10.1. The van der Waals surface area contributed by atoms with Crippen molar-refractivity contribution in [2.24, 2.45) is 0 Å². The van der Waals surface area contributed by atoms with Crippen LogP contribution in [0.15, 0.2) is 47.4 Å². The zero-order chi connectivity index (χ0) is 22.7. The van der Waals surface area contributed by atoms with Crippen LogP contribution in [-0.4, -0.2) is 45.7 Å². The highest BCUT2D eigenvalue weighted by Gasteiger charge is 2.25. The van der Waals surface area contributed by atoms with Crippen LogP contribution in [0.1, 0.15) is 37.8 Å². The predicted octanol–water partition coefficient (Wildman–Crippen LogP) is 2.82. The Morgan fingerprint density at radius 1 is 1.16 bits per heavy atom. The SMILES string of the molecule is Cc1ccc(Cn2c(=O)c(N3CCC(NC(=O)NC(C)C)CC3)nc3cccnc32)cc1. The summed E-state index contributed by atoms with van der Waals surface area (Å²) in [6.45, 7) is 7.67. The van der Waals surface area contributed by atoms with Crippen LogP contribution in [0.4, 0.5) is 10.6 Å². The van der Waals surface area contributed by atoms with E-state index in [4.69, 9.17) is 0 Å². The van der Waals surface area contributed by atoms with Gasteiger partial charge >= 0.3 is 6.03 Å². The normalized spacial score (nSPS) is 14.7. The molecular weight excluding hydrogens is 404 g/mol. The number of pyridine rings is 1. The van der Waals surface area contributed by atoms with E-state index in [2.05, 4.69) is 20.6 Å². The number of nitrogens with one attached hydrogen (secondary N) is 2.